The fourth-order valence-corrected chi connectivity index (χ4v) is 4.12. The second-order valence-corrected chi connectivity index (χ2v) is 11.7. The van der Waals surface area contributed by atoms with Crippen molar-refractivity contribution >= 4 is 11.7 Å². The van der Waals surface area contributed by atoms with E-state index in [1.54, 1.807) is 77.9 Å². The SMILES string of the molecule is Cc1ccc(CN(CCNc2ccc(C(F)(F)F)cc2C(F)(F)F)Cc2ccc(OC(C)(C)C(=O)OC(C)(C)C)cc2)o1. The molecule has 0 saturated carbocycles. The van der Waals surface area contributed by atoms with Gasteiger partial charge in [-0.25, -0.2) is 4.79 Å². The second kappa shape index (κ2) is 12.9. The summed E-state index contributed by atoms with van der Waals surface area (Å²) >= 11 is 0. The predicted octanol–water partition coefficient (Wildman–Crippen LogP) is 8.24. The number of halogens is 6. The molecule has 0 radical (unpaired) electrons. The van der Waals surface area contributed by atoms with Crippen LogP contribution in [0.4, 0.5) is 32.0 Å². The van der Waals surface area contributed by atoms with E-state index in [9.17, 15) is 31.1 Å². The summed E-state index contributed by atoms with van der Waals surface area (Å²) in [6.07, 6.45) is -9.88. The highest BCUT2D eigenvalue weighted by molar-refractivity contribution is 5.79. The summed E-state index contributed by atoms with van der Waals surface area (Å²) in [6.45, 7) is 11.2. The third-order valence-electron chi connectivity index (χ3n) is 6.16. The van der Waals surface area contributed by atoms with Crippen molar-refractivity contribution in [3.8, 4) is 5.75 Å². The first-order chi connectivity index (χ1) is 19.7. The van der Waals surface area contributed by atoms with Crippen LogP contribution in [0, 0.1) is 6.92 Å². The van der Waals surface area contributed by atoms with Crippen LogP contribution in [0.2, 0.25) is 0 Å². The van der Waals surface area contributed by atoms with Crippen LogP contribution in [0.5, 0.6) is 5.75 Å². The number of hydrogen-bond acceptors (Lipinski definition) is 6. The van der Waals surface area contributed by atoms with Crippen molar-refractivity contribution in [1.29, 1.82) is 0 Å². The fourth-order valence-electron chi connectivity index (χ4n) is 4.12. The molecule has 6 nitrogen and oxygen atoms in total. The molecule has 0 fully saturated rings. The Morgan fingerprint density at radius 3 is 2.05 bits per heavy atom. The van der Waals surface area contributed by atoms with E-state index in [2.05, 4.69) is 5.32 Å². The molecule has 0 aliphatic rings. The highest BCUT2D eigenvalue weighted by Crippen LogP contribution is 2.39. The van der Waals surface area contributed by atoms with Crippen molar-refractivity contribution in [3.63, 3.8) is 0 Å². The molecular formula is C31H36F6N2O4. The van der Waals surface area contributed by atoms with Gasteiger partial charge in [0.1, 0.15) is 22.9 Å². The summed E-state index contributed by atoms with van der Waals surface area (Å²) in [5.74, 6) is 1.26. The first-order valence-electron chi connectivity index (χ1n) is 13.5. The number of hydrogen-bond donors (Lipinski definition) is 1. The first kappa shape index (κ1) is 33.8. The third-order valence-corrected chi connectivity index (χ3v) is 6.16. The number of carbonyl (C=O) groups excluding carboxylic acids is 1. The van der Waals surface area contributed by atoms with E-state index in [4.69, 9.17) is 13.9 Å². The summed E-state index contributed by atoms with van der Waals surface area (Å²) < 4.78 is 96.8. The Balaban J connectivity index is 1.72. The Labute approximate surface area is 247 Å². The lowest BCUT2D eigenvalue weighted by Crippen LogP contribution is -2.43. The van der Waals surface area contributed by atoms with Gasteiger partial charge in [-0.05, 0) is 89.6 Å². The van der Waals surface area contributed by atoms with Crippen LogP contribution in [0.1, 0.15) is 62.8 Å². The fraction of sp³-hybridized carbons (Fsp3) is 0.452. The zero-order chi connectivity index (χ0) is 32.2. The predicted molar refractivity (Wildman–Crippen MR) is 149 cm³/mol. The quantitative estimate of drug-likeness (QED) is 0.173. The first-order valence-corrected chi connectivity index (χ1v) is 13.5. The molecule has 0 unspecified atom stereocenters. The van der Waals surface area contributed by atoms with Gasteiger partial charge >= 0.3 is 18.3 Å². The molecule has 0 bridgehead atoms. The molecule has 236 valence electrons. The number of alkyl halides is 6. The lowest BCUT2D eigenvalue weighted by atomic mass is 10.1. The molecular weight excluding hydrogens is 578 g/mol. The molecule has 2 aromatic carbocycles. The lowest BCUT2D eigenvalue weighted by Gasteiger charge is -2.29. The Morgan fingerprint density at radius 2 is 1.51 bits per heavy atom. The van der Waals surface area contributed by atoms with Crippen LogP contribution in [-0.2, 0) is 35.0 Å². The largest absolute Gasteiger partial charge is 0.476 e. The van der Waals surface area contributed by atoms with Crippen molar-refractivity contribution in [2.45, 2.75) is 78.2 Å². The summed E-state index contributed by atoms with van der Waals surface area (Å²) in [5.41, 5.74) is -4.27. The van der Waals surface area contributed by atoms with E-state index < -0.39 is 46.3 Å². The van der Waals surface area contributed by atoms with Gasteiger partial charge in [-0.15, -0.1) is 0 Å². The molecule has 3 aromatic rings. The maximum atomic E-state index is 13.6. The van der Waals surface area contributed by atoms with Crippen molar-refractivity contribution in [1.82, 2.24) is 4.90 Å². The molecule has 1 aromatic heterocycles. The Morgan fingerprint density at radius 1 is 0.860 bits per heavy atom. The smallest absolute Gasteiger partial charge is 0.418 e. The third kappa shape index (κ3) is 10.2. The van der Waals surface area contributed by atoms with Gasteiger partial charge in [-0.2, -0.15) is 26.3 Å². The standard InChI is InChI=1S/C31H36F6N2O4/c1-20-7-11-24(41-20)19-39(16-15-38-26-14-10-22(30(32,33)34)17-25(26)31(35,36)37)18-21-8-12-23(13-9-21)42-29(5,6)27(40)43-28(2,3)4/h7-14,17,38H,15-16,18-19H2,1-6H3. The van der Waals surface area contributed by atoms with Crippen LogP contribution >= 0.6 is 0 Å². The maximum Gasteiger partial charge on any atom is 0.418 e. The van der Waals surface area contributed by atoms with Crippen molar-refractivity contribution in [2.75, 3.05) is 18.4 Å². The summed E-state index contributed by atoms with van der Waals surface area (Å²) in [4.78, 5) is 14.5. The highest BCUT2D eigenvalue weighted by Gasteiger charge is 2.38. The normalized spacial score (nSPS) is 12.9. The number of benzene rings is 2. The molecule has 0 amide bonds. The summed E-state index contributed by atoms with van der Waals surface area (Å²) in [5, 5.41) is 2.64. The highest BCUT2D eigenvalue weighted by atomic mass is 19.4. The Bertz CT molecular complexity index is 1370. The van der Waals surface area contributed by atoms with E-state index in [0.29, 0.717) is 36.4 Å². The maximum absolute atomic E-state index is 13.6. The minimum Gasteiger partial charge on any atom is -0.476 e. The molecule has 12 heteroatoms. The van der Waals surface area contributed by atoms with Crippen LogP contribution in [0.25, 0.3) is 0 Å². The molecule has 3 rings (SSSR count). The van der Waals surface area contributed by atoms with Gasteiger partial charge in [0.05, 0.1) is 17.7 Å². The molecule has 0 aliphatic carbocycles. The number of carbonyl (C=O) groups is 1. The second-order valence-electron chi connectivity index (χ2n) is 11.7. The van der Waals surface area contributed by atoms with Gasteiger partial charge in [0.15, 0.2) is 5.60 Å². The van der Waals surface area contributed by atoms with E-state index >= 15 is 0 Å². The van der Waals surface area contributed by atoms with Gasteiger partial charge in [-0.3, -0.25) is 4.90 Å². The average Bonchev–Trinajstić information content (AvgIpc) is 3.27. The number of anilines is 1. The molecule has 1 heterocycles. The minimum atomic E-state index is -4.98. The summed E-state index contributed by atoms with van der Waals surface area (Å²) in [7, 11) is 0. The summed E-state index contributed by atoms with van der Waals surface area (Å²) in [6, 6.07) is 12.1. The number of nitrogens with one attached hydrogen (secondary N) is 1. The molecule has 0 spiro atoms. The van der Waals surface area contributed by atoms with Gasteiger partial charge in [0, 0.05) is 25.3 Å². The molecule has 1 N–H and O–H groups in total. The van der Waals surface area contributed by atoms with E-state index in [1.807, 2.05) is 4.90 Å². The number of esters is 1. The van der Waals surface area contributed by atoms with Gasteiger partial charge < -0.3 is 19.2 Å². The van der Waals surface area contributed by atoms with Gasteiger partial charge in [-0.1, -0.05) is 12.1 Å². The van der Waals surface area contributed by atoms with E-state index in [-0.39, 0.29) is 19.2 Å². The van der Waals surface area contributed by atoms with Crippen LogP contribution in [0.15, 0.2) is 59.0 Å². The van der Waals surface area contributed by atoms with Crippen molar-refractivity contribution < 1.29 is 45.0 Å². The molecule has 43 heavy (non-hydrogen) atoms. The van der Waals surface area contributed by atoms with Crippen molar-refractivity contribution in [3.05, 3.63) is 82.8 Å². The Hall–Kier alpha value is -3.67. The Kier molecular flexibility index (Phi) is 10.2. The van der Waals surface area contributed by atoms with Gasteiger partial charge in [0.2, 0.25) is 0 Å². The number of furan rings is 1. The molecule has 0 atom stereocenters. The zero-order valence-electron chi connectivity index (χ0n) is 24.9. The minimum absolute atomic E-state index is 0.0133. The van der Waals surface area contributed by atoms with Crippen molar-refractivity contribution in [2.24, 2.45) is 0 Å². The molecule has 0 saturated heterocycles. The number of rotatable bonds is 11. The number of nitrogens with zero attached hydrogens (tertiary/aromatic N) is 1. The topological polar surface area (TPSA) is 63.9 Å². The lowest BCUT2D eigenvalue weighted by molar-refractivity contribution is -0.171. The van der Waals surface area contributed by atoms with E-state index in [0.717, 1.165) is 11.6 Å². The average molecular weight is 615 g/mol. The van der Waals surface area contributed by atoms with Crippen LogP contribution in [-0.4, -0.2) is 35.2 Å². The molecule has 0 aliphatic heterocycles. The number of aryl methyl sites for hydroxylation is 1. The monoisotopic (exact) mass is 614 g/mol. The van der Waals surface area contributed by atoms with Crippen LogP contribution < -0.4 is 10.1 Å². The number of ether oxygens (including phenoxy) is 2. The van der Waals surface area contributed by atoms with Gasteiger partial charge in [0.25, 0.3) is 0 Å². The van der Waals surface area contributed by atoms with Crippen LogP contribution in [0.3, 0.4) is 0 Å². The van der Waals surface area contributed by atoms with E-state index in [1.165, 1.54) is 0 Å². The zero-order valence-corrected chi connectivity index (χ0v) is 24.9.